The molecule has 0 spiro atoms. The third-order valence-corrected chi connectivity index (χ3v) is 1.84. The summed E-state index contributed by atoms with van der Waals surface area (Å²) in [6, 6.07) is 0. The second-order valence-corrected chi connectivity index (χ2v) is 3.30. The number of esters is 1. The predicted molar refractivity (Wildman–Crippen MR) is 54.5 cm³/mol. The maximum Gasteiger partial charge on any atom is 0.333 e. The van der Waals surface area contributed by atoms with Gasteiger partial charge in [-0.1, -0.05) is 26.3 Å². The topological polar surface area (TPSA) is 26.3 Å². The summed E-state index contributed by atoms with van der Waals surface area (Å²) in [7, 11) is 0. The van der Waals surface area contributed by atoms with E-state index >= 15 is 0 Å². The van der Waals surface area contributed by atoms with E-state index in [4.69, 9.17) is 4.74 Å². The summed E-state index contributed by atoms with van der Waals surface area (Å²) >= 11 is 0. The van der Waals surface area contributed by atoms with Crippen LogP contribution < -0.4 is 0 Å². The van der Waals surface area contributed by atoms with Gasteiger partial charge in [0.25, 0.3) is 0 Å². The number of ether oxygens (including phenoxy) is 1. The first-order chi connectivity index (χ1) is 6.11. The molecule has 0 aliphatic carbocycles. The third-order valence-electron chi connectivity index (χ3n) is 1.84. The Morgan fingerprint density at radius 1 is 1.46 bits per heavy atom. The summed E-state index contributed by atoms with van der Waals surface area (Å²) in [4.78, 5) is 11.3. The first-order valence-corrected chi connectivity index (χ1v) is 4.99. The van der Waals surface area contributed by atoms with E-state index in [1.54, 1.807) is 6.92 Å². The molecule has 0 bridgehead atoms. The Morgan fingerprint density at radius 3 is 2.54 bits per heavy atom. The number of rotatable bonds is 5. The highest BCUT2D eigenvalue weighted by atomic mass is 16.5. The maximum atomic E-state index is 11.3. The normalized spacial score (nSPS) is 14.0. The van der Waals surface area contributed by atoms with Gasteiger partial charge in [-0.3, -0.25) is 0 Å². The van der Waals surface area contributed by atoms with Crippen LogP contribution in [0.4, 0.5) is 0 Å². The smallest absolute Gasteiger partial charge is 0.333 e. The summed E-state index contributed by atoms with van der Waals surface area (Å²) in [5, 5.41) is 0. The molecule has 0 amide bonds. The molecule has 0 saturated carbocycles. The Morgan fingerprint density at radius 2 is 2.08 bits per heavy atom. The van der Waals surface area contributed by atoms with Crippen molar-refractivity contribution >= 4 is 5.97 Å². The van der Waals surface area contributed by atoms with Crippen LogP contribution in [0, 0.1) is 0 Å². The molecular weight excluding hydrogens is 164 g/mol. The number of hydrogen-bond acceptors (Lipinski definition) is 2. The predicted octanol–water partition coefficient (Wildman–Crippen LogP) is 3.07. The molecule has 0 aromatic carbocycles. The van der Waals surface area contributed by atoms with Gasteiger partial charge >= 0.3 is 5.97 Å². The van der Waals surface area contributed by atoms with Gasteiger partial charge in [0.15, 0.2) is 0 Å². The van der Waals surface area contributed by atoms with Crippen LogP contribution in [-0.4, -0.2) is 12.1 Å². The lowest BCUT2D eigenvalue weighted by Crippen LogP contribution is -2.15. The minimum Gasteiger partial charge on any atom is -0.459 e. The number of carbonyl (C=O) groups is 1. The molecule has 0 aliphatic rings. The van der Waals surface area contributed by atoms with Crippen molar-refractivity contribution in [3.8, 4) is 0 Å². The van der Waals surface area contributed by atoms with Crippen LogP contribution in [0.2, 0.25) is 0 Å². The molecule has 0 aliphatic heterocycles. The van der Waals surface area contributed by atoms with E-state index in [0.29, 0.717) is 5.57 Å². The number of carbonyl (C=O) groups excluding carboxylic acids is 1. The fourth-order valence-electron chi connectivity index (χ4n) is 1.13. The number of hydrogen-bond donors (Lipinski definition) is 0. The van der Waals surface area contributed by atoms with E-state index in [9.17, 15) is 4.79 Å². The summed E-state index contributed by atoms with van der Waals surface area (Å²) in [5.74, 6) is -0.178. The van der Waals surface area contributed by atoms with Crippen molar-refractivity contribution in [3.63, 3.8) is 0 Å². The SMILES string of the molecule is CCC=C(C)C(=O)OC(C)CCC. The van der Waals surface area contributed by atoms with Gasteiger partial charge in [0.05, 0.1) is 6.10 Å². The monoisotopic (exact) mass is 184 g/mol. The van der Waals surface area contributed by atoms with Gasteiger partial charge in [0, 0.05) is 5.57 Å². The van der Waals surface area contributed by atoms with Gasteiger partial charge in [-0.05, 0) is 26.7 Å². The molecule has 0 heterocycles. The Bertz CT molecular complexity index is 183. The van der Waals surface area contributed by atoms with E-state index in [1.165, 1.54) is 0 Å². The van der Waals surface area contributed by atoms with E-state index < -0.39 is 0 Å². The van der Waals surface area contributed by atoms with Crippen molar-refractivity contribution in [3.05, 3.63) is 11.6 Å². The van der Waals surface area contributed by atoms with Crippen LogP contribution in [0.15, 0.2) is 11.6 Å². The van der Waals surface area contributed by atoms with E-state index in [1.807, 2.05) is 19.9 Å². The van der Waals surface area contributed by atoms with Crippen LogP contribution in [0.1, 0.15) is 47.0 Å². The molecule has 13 heavy (non-hydrogen) atoms. The molecular formula is C11H20O2. The second-order valence-electron chi connectivity index (χ2n) is 3.30. The Hall–Kier alpha value is -0.790. The molecule has 0 saturated heterocycles. The van der Waals surface area contributed by atoms with Crippen molar-refractivity contribution in [2.45, 2.75) is 53.1 Å². The Balaban J connectivity index is 3.92. The largest absolute Gasteiger partial charge is 0.459 e. The van der Waals surface area contributed by atoms with Gasteiger partial charge in [-0.25, -0.2) is 4.79 Å². The standard InChI is InChI=1S/C11H20O2/c1-5-7-9(3)11(12)13-10(4)8-6-2/h7,10H,5-6,8H2,1-4H3. The highest BCUT2D eigenvalue weighted by molar-refractivity contribution is 5.87. The highest BCUT2D eigenvalue weighted by Gasteiger charge is 2.09. The quantitative estimate of drug-likeness (QED) is 0.485. The Labute approximate surface area is 81.0 Å². The van der Waals surface area contributed by atoms with Crippen LogP contribution >= 0.6 is 0 Å². The number of allylic oxidation sites excluding steroid dienone is 1. The molecule has 0 rings (SSSR count). The zero-order valence-corrected chi connectivity index (χ0v) is 9.09. The summed E-state index contributed by atoms with van der Waals surface area (Å²) in [5.41, 5.74) is 0.713. The summed E-state index contributed by atoms with van der Waals surface area (Å²) < 4.78 is 5.20. The average Bonchev–Trinajstić information content (AvgIpc) is 2.05. The van der Waals surface area contributed by atoms with Crippen molar-refractivity contribution in [1.82, 2.24) is 0 Å². The first-order valence-electron chi connectivity index (χ1n) is 4.99. The maximum absolute atomic E-state index is 11.3. The van der Waals surface area contributed by atoms with E-state index in [-0.39, 0.29) is 12.1 Å². The zero-order chi connectivity index (χ0) is 10.3. The van der Waals surface area contributed by atoms with Crippen LogP contribution in [0.25, 0.3) is 0 Å². The first kappa shape index (κ1) is 12.2. The van der Waals surface area contributed by atoms with Gasteiger partial charge in [-0.15, -0.1) is 0 Å². The highest BCUT2D eigenvalue weighted by Crippen LogP contribution is 2.05. The van der Waals surface area contributed by atoms with Crippen molar-refractivity contribution in [2.24, 2.45) is 0 Å². The average molecular weight is 184 g/mol. The van der Waals surface area contributed by atoms with Crippen LogP contribution in [-0.2, 0) is 9.53 Å². The molecule has 0 N–H and O–H groups in total. The summed E-state index contributed by atoms with van der Waals surface area (Å²) in [6.45, 7) is 7.82. The molecule has 0 aromatic heterocycles. The van der Waals surface area contributed by atoms with Crippen LogP contribution in [0.3, 0.4) is 0 Å². The molecule has 2 nitrogen and oxygen atoms in total. The molecule has 0 fully saturated rings. The molecule has 1 atom stereocenters. The second kappa shape index (κ2) is 6.70. The van der Waals surface area contributed by atoms with Gasteiger partial charge in [-0.2, -0.15) is 0 Å². The minimum atomic E-state index is -0.178. The molecule has 0 radical (unpaired) electrons. The van der Waals surface area contributed by atoms with Crippen molar-refractivity contribution in [2.75, 3.05) is 0 Å². The lowest BCUT2D eigenvalue weighted by molar-refractivity contribution is -0.143. The lowest BCUT2D eigenvalue weighted by atomic mass is 10.2. The molecule has 76 valence electrons. The van der Waals surface area contributed by atoms with Gasteiger partial charge in [0.1, 0.15) is 0 Å². The van der Waals surface area contributed by atoms with Crippen molar-refractivity contribution in [1.29, 1.82) is 0 Å². The molecule has 2 heteroatoms. The summed E-state index contributed by atoms with van der Waals surface area (Å²) in [6.07, 6.45) is 4.79. The fraction of sp³-hybridized carbons (Fsp3) is 0.727. The molecule has 0 aromatic rings. The van der Waals surface area contributed by atoms with Gasteiger partial charge in [0.2, 0.25) is 0 Å². The third kappa shape index (κ3) is 5.45. The van der Waals surface area contributed by atoms with Crippen molar-refractivity contribution < 1.29 is 9.53 Å². The van der Waals surface area contributed by atoms with Crippen LogP contribution in [0.5, 0.6) is 0 Å². The fourth-order valence-corrected chi connectivity index (χ4v) is 1.13. The lowest BCUT2D eigenvalue weighted by Gasteiger charge is -2.11. The zero-order valence-electron chi connectivity index (χ0n) is 9.09. The Kier molecular flexibility index (Phi) is 6.29. The van der Waals surface area contributed by atoms with Gasteiger partial charge < -0.3 is 4.74 Å². The van der Waals surface area contributed by atoms with E-state index in [0.717, 1.165) is 19.3 Å². The molecule has 1 unspecified atom stereocenters. The van der Waals surface area contributed by atoms with E-state index in [2.05, 4.69) is 6.92 Å². The minimum absolute atomic E-state index is 0.0395.